The van der Waals surface area contributed by atoms with Crippen LogP contribution in [-0.2, 0) is 6.42 Å². The van der Waals surface area contributed by atoms with Gasteiger partial charge in [0, 0.05) is 18.2 Å². The number of rotatable bonds is 4. The quantitative estimate of drug-likeness (QED) is 0.553. The maximum Gasteiger partial charge on any atom is 0.251 e. The zero-order chi connectivity index (χ0) is 16.3. The van der Waals surface area contributed by atoms with Crippen molar-refractivity contribution in [1.82, 2.24) is 5.32 Å². The Hall–Kier alpha value is -2.89. The van der Waals surface area contributed by atoms with E-state index in [-0.39, 0.29) is 28.6 Å². The van der Waals surface area contributed by atoms with Gasteiger partial charge >= 0.3 is 0 Å². The number of phenolic OH excluding ortho intramolecular Hbond substituents is 4. The fraction of sp³-hybridized carbons (Fsp3) is 0.188. The summed E-state index contributed by atoms with van der Waals surface area (Å²) in [6.45, 7) is 2.10. The van der Waals surface area contributed by atoms with Crippen LogP contribution in [0.4, 0.5) is 0 Å². The molecular formula is C16H17NO5. The van der Waals surface area contributed by atoms with Gasteiger partial charge in [0.05, 0.1) is 0 Å². The first kappa shape index (κ1) is 15.5. The third kappa shape index (κ3) is 3.60. The molecular weight excluding hydrogens is 286 g/mol. The Kier molecular flexibility index (Phi) is 4.41. The zero-order valence-corrected chi connectivity index (χ0v) is 12.0. The van der Waals surface area contributed by atoms with E-state index in [1.807, 2.05) is 0 Å². The molecule has 116 valence electrons. The number of aryl methyl sites for hydroxylation is 1. The average Bonchev–Trinajstić information content (AvgIpc) is 2.43. The summed E-state index contributed by atoms with van der Waals surface area (Å²) in [5.41, 5.74) is 1.76. The standard InChI is InChI=1S/C16H17NO5/c1-9-4-14(20)15(21)7-10(9)2-3-17-16(22)11-5-12(18)8-13(19)6-11/h4-8,18-21H,2-3H2,1H3,(H,17,22). The molecule has 22 heavy (non-hydrogen) atoms. The molecule has 0 aliphatic carbocycles. The summed E-state index contributed by atoms with van der Waals surface area (Å²) in [6.07, 6.45) is 0.468. The Bertz CT molecular complexity index is 692. The number of nitrogens with one attached hydrogen (secondary N) is 1. The topological polar surface area (TPSA) is 110 Å². The number of amides is 1. The molecule has 0 aliphatic rings. The Labute approximate surface area is 127 Å². The molecule has 0 fully saturated rings. The third-order valence-electron chi connectivity index (χ3n) is 3.28. The Balaban J connectivity index is 1.99. The van der Waals surface area contributed by atoms with Crippen molar-refractivity contribution in [3.8, 4) is 23.0 Å². The van der Waals surface area contributed by atoms with Crippen molar-refractivity contribution < 1.29 is 25.2 Å². The smallest absolute Gasteiger partial charge is 0.251 e. The number of carbonyl (C=O) groups is 1. The first-order valence-corrected chi connectivity index (χ1v) is 6.69. The molecule has 0 unspecified atom stereocenters. The van der Waals surface area contributed by atoms with Crippen molar-refractivity contribution in [3.05, 3.63) is 47.0 Å². The minimum Gasteiger partial charge on any atom is -0.508 e. The second-order valence-corrected chi connectivity index (χ2v) is 5.01. The molecule has 2 rings (SSSR count). The van der Waals surface area contributed by atoms with E-state index in [9.17, 15) is 25.2 Å². The number of benzene rings is 2. The first-order valence-electron chi connectivity index (χ1n) is 6.69. The summed E-state index contributed by atoms with van der Waals surface area (Å²) >= 11 is 0. The summed E-state index contributed by atoms with van der Waals surface area (Å²) in [7, 11) is 0. The molecule has 0 radical (unpaired) electrons. The van der Waals surface area contributed by atoms with Gasteiger partial charge in [0.2, 0.25) is 0 Å². The molecule has 6 heteroatoms. The van der Waals surface area contributed by atoms with Gasteiger partial charge in [-0.3, -0.25) is 4.79 Å². The normalized spacial score (nSPS) is 10.4. The van der Waals surface area contributed by atoms with E-state index < -0.39 is 5.91 Å². The Morgan fingerprint density at radius 2 is 1.55 bits per heavy atom. The van der Waals surface area contributed by atoms with Crippen LogP contribution in [0.2, 0.25) is 0 Å². The monoisotopic (exact) mass is 303 g/mol. The van der Waals surface area contributed by atoms with Crippen LogP contribution < -0.4 is 5.32 Å². The van der Waals surface area contributed by atoms with Crippen LogP contribution in [-0.4, -0.2) is 32.9 Å². The van der Waals surface area contributed by atoms with Gasteiger partial charge in [0.1, 0.15) is 11.5 Å². The third-order valence-corrected chi connectivity index (χ3v) is 3.28. The highest BCUT2D eigenvalue weighted by Gasteiger charge is 2.09. The minimum atomic E-state index is -0.424. The van der Waals surface area contributed by atoms with Gasteiger partial charge in [0.25, 0.3) is 5.91 Å². The first-order chi connectivity index (χ1) is 10.4. The van der Waals surface area contributed by atoms with E-state index in [1.54, 1.807) is 6.92 Å². The predicted octanol–water partition coefficient (Wildman–Crippen LogP) is 1.79. The molecule has 0 heterocycles. The maximum atomic E-state index is 11.9. The van der Waals surface area contributed by atoms with E-state index in [1.165, 1.54) is 24.3 Å². The number of hydrogen-bond acceptors (Lipinski definition) is 5. The van der Waals surface area contributed by atoms with Crippen LogP contribution in [0, 0.1) is 6.92 Å². The van der Waals surface area contributed by atoms with Crippen molar-refractivity contribution in [1.29, 1.82) is 0 Å². The van der Waals surface area contributed by atoms with Crippen molar-refractivity contribution in [2.24, 2.45) is 0 Å². The van der Waals surface area contributed by atoms with Gasteiger partial charge in [-0.1, -0.05) is 0 Å². The second-order valence-electron chi connectivity index (χ2n) is 5.01. The summed E-state index contributed by atoms with van der Waals surface area (Å²) < 4.78 is 0. The van der Waals surface area contributed by atoms with Crippen molar-refractivity contribution in [2.45, 2.75) is 13.3 Å². The molecule has 2 aromatic rings. The van der Waals surface area contributed by atoms with Gasteiger partial charge in [-0.2, -0.15) is 0 Å². The Morgan fingerprint density at radius 1 is 0.955 bits per heavy atom. The maximum absolute atomic E-state index is 11.9. The molecule has 0 bridgehead atoms. The number of hydrogen-bond donors (Lipinski definition) is 5. The van der Waals surface area contributed by atoms with Crippen molar-refractivity contribution in [2.75, 3.05) is 6.54 Å². The van der Waals surface area contributed by atoms with E-state index in [4.69, 9.17) is 0 Å². The van der Waals surface area contributed by atoms with Gasteiger partial charge in [0.15, 0.2) is 11.5 Å². The van der Waals surface area contributed by atoms with E-state index >= 15 is 0 Å². The summed E-state index contributed by atoms with van der Waals surface area (Å²) in [5, 5.41) is 40.2. The molecule has 0 aliphatic heterocycles. The van der Waals surface area contributed by atoms with E-state index in [2.05, 4.69) is 5.32 Å². The number of aromatic hydroxyl groups is 4. The van der Waals surface area contributed by atoms with Crippen LogP contribution in [0.25, 0.3) is 0 Å². The molecule has 0 atom stereocenters. The van der Waals surface area contributed by atoms with Crippen LogP contribution >= 0.6 is 0 Å². The highest BCUT2D eigenvalue weighted by Crippen LogP contribution is 2.28. The van der Waals surface area contributed by atoms with E-state index in [0.29, 0.717) is 13.0 Å². The Morgan fingerprint density at radius 3 is 2.18 bits per heavy atom. The zero-order valence-electron chi connectivity index (χ0n) is 12.0. The molecule has 0 saturated heterocycles. The highest BCUT2D eigenvalue weighted by molar-refractivity contribution is 5.95. The fourth-order valence-electron chi connectivity index (χ4n) is 2.13. The SMILES string of the molecule is Cc1cc(O)c(O)cc1CCNC(=O)c1cc(O)cc(O)c1. The number of carbonyl (C=O) groups excluding carboxylic acids is 1. The highest BCUT2D eigenvalue weighted by atomic mass is 16.3. The van der Waals surface area contributed by atoms with Crippen LogP contribution in [0.5, 0.6) is 23.0 Å². The summed E-state index contributed by atoms with van der Waals surface area (Å²) in [4.78, 5) is 11.9. The van der Waals surface area contributed by atoms with Crippen LogP contribution in [0.3, 0.4) is 0 Å². The largest absolute Gasteiger partial charge is 0.508 e. The van der Waals surface area contributed by atoms with Gasteiger partial charge < -0.3 is 25.7 Å². The van der Waals surface area contributed by atoms with Crippen LogP contribution in [0.1, 0.15) is 21.5 Å². The molecule has 0 saturated carbocycles. The molecule has 6 nitrogen and oxygen atoms in total. The molecule has 2 aromatic carbocycles. The van der Waals surface area contributed by atoms with E-state index in [0.717, 1.165) is 17.2 Å². The van der Waals surface area contributed by atoms with Crippen molar-refractivity contribution >= 4 is 5.91 Å². The van der Waals surface area contributed by atoms with Gasteiger partial charge in [-0.25, -0.2) is 0 Å². The lowest BCUT2D eigenvalue weighted by Crippen LogP contribution is -2.25. The second kappa shape index (κ2) is 6.26. The fourth-order valence-corrected chi connectivity index (χ4v) is 2.13. The lowest BCUT2D eigenvalue weighted by Gasteiger charge is -2.09. The molecule has 0 aromatic heterocycles. The predicted molar refractivity (Wildman–Crippen MR) is 80.3 cm³/mol. The van der Waals surface area contributed by atoms with Crippen LogP contribution in [0.15, 0.2) is 30.3 Å². The van der Waals surface area contributed by atoms with Gasteiger partial charge in [-0.15, -0.1) is 0 Å². The summed E-state index contributed by atoms with van der Waals surface area (Å²) in [6, 6.07) is 6.56. The molecule has 5 N–H and O–H groups in total. The molecule has 0 spiro atoms. The molecule has 1 amide bonds. The van der Waals surface area contributed by atoms with Gasteiger partial charge in [-0.05, 0) is 48.7 Å². The lowest BCUT2D eigenvalue weighted by molar-refractivity contribution is 0.0953. The van der Waals surface area contributed by atoms with Crippen molar-refractivity contribution in [3.63, 3.8) is 0 Å². The lowest BCUT2D eigenvalue weighted by atomic mass is 10.0. The summed E-state index contributed by atoms with van der Waals surface area (Å²) in [5.74, 6) is -1.19. The number of phenols is 4. The average molecular weight is 303 g/mol. The minimum absolute atomic E-state index is 0.155.